The molecule has 1 aliphatic carbocycles. The Morgan fingerprint density at radius 1 is 1.38 bits per heavy atom. The molecule has 1 fully saturated rings. The van der Waals surface area contributed by atoms with Crippen molar-refractivity contribution in [3.05, 3.63) is 34.9 Å². The van der Waals surface area contributed by atoms with Gasteiger partial charge >= 0.3 is 12.0 Å². The molecule has 112 valence electrons. The van der Waals surface area contributed by atoms with E-state index in [0.29, 0.717) is 31.0 Å². The van der Waals surface area contributed by atoms with Gasteiger partial charge in [0, 0.05) is 19.1 Å². The zero-order valence-electron chi connectivity index (χ0n) is 12.1. The second kappa shape index (κ2) is 5.39. The first-order valence-electron chi connectivity index (χ1n) is 7.45. The van der Waals surface area contributed by atoms with Crippen molar-refractivity contribution in [2.75, 3.05) is 6.54 Å². The SMILES string of the molecule is CC(NC(=O)N1CCc2c(cccc2C(=O)O)C1)C1CC1. The van der Waals surface area contributed by atoms with Gasteiger partial charge in [0.2, 0.25) is 0 Å². The molecule has 3 rings (SSSR count). The fourth-order valence-electron chi connectivity index (χ4n) is 2.98. The number of aromatic carboxylic acids is 1. The van der Waals surface area contributed by atoms with Gasteiger partial charge in [0.15, 0.2) is 0 Å². The average Bonchev–Trinajstić information content (AvgIpc) is 3.30. The number of amides is 2. The third-order valence-corrected chi connectivity index (χ3v) is 4.46. The lowest BCUT2D eigenvalue weighted by Gasteiger charge is -2.30. The highest BCUT2D eigenvalue weighted by Gasteiger charge is 2.31. The molecule has 5 nitrogen and oxygen atoms in total. The van der Waals surface area contributed by atoms with Gasteiger partial charge in [-0.15, -0.1) is 0 Å². The lowest BCUT2D eigenvalue weighted by Crippen LogP contribution is -2.46. The van der Waals surface area contributed by atoms with Gasteiger partial charge in [-0.25, -0.2) is 9.59 Å². The third kappa shape index (κ3) is 2.86. The molecule has 0 saturated heterocycles. The predicted molar refractivity (Wildman–Crippen MR) is 78.2 cm³/mol. The Morgan fingerprint density at radius 3 is 2.81 bits per heavy atom. The molecule has 2 aliphatic rings. The maximum atomic E-state index is 12.3. The molecule has 1 aromatic carbocycles. The van der Waals surface area contributed by atoms with Gasteiger partial charge in [-0.1, -0.05) is 12.1 Å². The molecular weight excluding hydrogens is 268 g/mol. The summed E-state index contributed by atoms with van der Waals surface area (Å²) >= 11 is 0. The van der Waals surface area contributed by atoms with Crippen molar-refractivity contribution in [2.24, 2.45) is 5.92 Å². The summed E-state index contributed by atoms with van der Waals surface area (Å²) in [4.78, 5) is 25.3. The van der Waals surface area contributed by atoms with E-state index in [9.17, 15) is 14.7 Å². The molecule has 0 spiro atoms. The van der Waals surface area contributed by atoms with Crippen LogP contribution in [0.2, 0.25) is 0 Å². The Labute approximate surface area is 123 Å². The number of nitrogens with zero attached hydrogens (tertiary/aromatic N) is 1. The number of fused-ring (bicyclic) bond motifs is 1. The molecule has 1 atom stereocenters. The van der Waals surface area contributed by atoms with Crippen molar-refractivity contribution < 1.29 is 14.7 Å². The van der Waals surface area contributed by atoms with E-state index < -0.39 is 5.97 Å². The first kappa shape index (κ1) is 13.9. The molecule has 21 heavy (non-hydrogen) atoms. The number of nitrogens with one attached hydrogen (secondary N) is 1. The van der Waals surface area contributed by atoms with E-state index in [0.717, 1.165) is 11.1 Å². The van der Waals surface area contributed by atoms with E-state index in [1.807, 2.05) is 6.07 Å². The summed E-state index contributed by atoms with van der Waals surface area (Å²) in [5.74, 6) is -0.267. The highest BCUT2D eigenvalue weighted by atomic mass is 16.4. The van der Waals surface area contributed by atoms with Gasteiger partial charge < -0.3 is 15.3 Å². The quantitative estimate of drug-likeness (QED) is 0.896. The lowest BCUT2D eigenvalue weighted by atomic mass is 9.94. The van der Waals surface area contributed by atoms with Crippen molar-refractivity contribution in [1.29, 1.82) is 0 Å². The maximum Gasteiger partial charge on any atom is 0.335 e. The summed E-state index contributed by atoms with van der Waals surface area (Å²) in [6.45, 7) is 3.11. The lowest BCUT2D eigenvalue weighted by molar-refractivity contribution is 0.0695. The zero-order valence-corrected chi connectivity index (χ0v) is 12.1. The molecule has 0 radical (unpaired) electrons. The van der Waals surface area contributed by atoms with Gasteiger partial charge in [0.05, 0.1) is 5.56 Å². The van der Waals surface area contributed by atoms with Crippen molar-refractivity contribution in [3.8, 4) is 0 Å². The van der Waals surface area contributed by atoms with E-state index >= 15 is 0 Å². The van der Waals surface area contributed by atoms with Gasteiger partial charge in [-0.2, -0.15) is 0 Å². The number of carboxylic acid groups (broad SMARTS) is 1. The van der Waals surface area contributed by atoms with Crippen LogP contribution in [0.15, 0.2) is 18.2 Å². The number of hydrogen-bond acceptors (Lipinski definition) is 2. The summed E-state index contributed by atoms with van der Waals surface area (Å²) in [7, 11) is 0. The average molecular weight is 288 g/mol. The fourth-order valence-corrected chi connectivity index (χ4v) is 2.98. The second-order valence-corrected chi connectivity index (χ2v) is 6.00. The topological polar surface area (TPSA) is 69.6 Å². The summed E-state index contributed by atoms with van der Waals surface area (Å²) in [6, 6.07) is 5.47. The summed E-state index contributed by atoms with van der Waals surface area (Å²) in [6.07, 6.45) is 3.00. The van der Waals surface area contributed by atoms with Crippen LogP contribution in [0.5, 0.6) is 0 Å². The number of carboxylic acids is 1. The zero-order chi connectivity index (χ0) is 15.0. The third-order valence-electron chi connectivity index (χ3n) is 4.46. The Bertz CT molecular complexity index is 581. The molecule has 1 unspecified atom stereocenters. The van der Waals surface area contributed by atoms with Crippen LogP contribution in [-0.2, 0) is 13.0 Å². The molecule has 1 heterocycles. The highest BCUT2D eigenvalue weighted by Crippen LogP contribution is 2.32. The smallest absolute Gasteiger partial charge is 0.335 e. The highest BCUT2D eigenvalue weighted by molar-refractivity contribution is 5.90. The molecule has 5 heteroatoms. The molecule has 2 N–H and O–H groups in total. The van der Waals surface area contributed by atoms with Gasteiger partial charge in [0.1, 0.15) is 0 Å². The number of urea groups is 1. The number of benzene rings is 1. The van der Waals surface area contributed by atoms with E-state index in [1.54, 1.807) is 17.0 Å². The molecule has 0 bridgehead atoms. The van der Waals surface area contributed by atoms with Crippen LogP contribution in [0, 0.1) is 5.92 Å². The van der Waals surface area contributed by atoms with E-state index in [1.165, 1.54) is 12.8 Å². The molecular formula is C16H20N2O3. The minimum Gasteiger partial charge on any atom is -0.478 e. The van der Waals surface area contributed by atoms with Crippen molar-refractivity contribution >= 4 is 12.0 Å². The van der Waals surface area contributed by atoms with Crippen LogP contribution in [0.4, 0.5) is 4.79 Å². The molecule has 1 aliphatic heterocycles. The van der Waals surface area contributed by atoms with E-state index in [4.69, 9.17) is 0 Å². The summed E-state index contributed by atoms with van der Waals surface area (Å²) in [5, 5.41) is 12.3. The monoisotopic (exact) mass is 288 g/mol. The van der Waals surface area contributed by atoms with Gasteiger partial charge in [-0.3, -0.25) is 0 Å². The van der Waals surface area contributed by atoms with Crippen LogP contribution >= 0.6 is 0 Å². The summed E-state index contributed by atoms with van der Waals surface area (Å²) < 4.78 is 0. The minimum atomic E-state index is -0.896. The Balaban J connectivity index is 1.70. The molecule has 1 aromatic rings. The van der Waals surface area contributed by atoms with Crippen LogP contribution in [-0.4, -0.2) is 34.6 Å². The van der Waals surface area contributed by atoms with Crippen LogP contribution < -0.4 is 5.32 Å². The van der Waals surface area contributed by atoms with E-state index in [-0.39, 0.29) is 12.1 Å². The summed E-state index contributed by atoms with van der Waals surface area (Å²) in [5.41, 5.74) is 2.17. The fraction of sp³-hybridized carbons (Fsp3) is 0.500. The maximum absolute atomic E-state index is 12.3. The van der Waals surface area contributed by atoms with E-state index in [2.05, 4.69) is 12.2 Å². The second-order valence-electron chi connectivity index (χ2n) is 6.00. The predicted octanol–water partition coefficient (Wildman–Crippen LogP) is 2.25. The van der Waals surface area contributed by atoms with Crippen molar-refractivity contribution in [1.82, 2.24) is 10.2 Å². The number of hydrogen-bond donors (Lipinski definition) is 2. The van der Waals surface area contributed by atoms with Crippen LogP contribution in [0.1, 0.15) is 41.3 Å². The Morgan fingerprint density at radius 2 is 2.14 bits per heavy atom. The standard InChI is InChI=1S/C16H20N2O3/c1-10(11-5-6-11)17-16(21)18-8-7-13-12(9-18)3-2-4-14(13)15(19)20/h2-4,10-11H,5-9H2,1H3,(H,17,21)(H,19,20). The van der Waals surface area contributed by atoms with Gasteiger partial charge in [0.25, 0.3) is 0 Å². The number of rotatable bonds is 3. The molecule has 1 saturated carbocycles. The first-order chi connectivity index (χ1) is 10.1. The van der Waals surface area contributed by atoms with Crippen LogP contribution in [0.3, 0.4) is 0 Å². The Hall–Kier alpha value is -2.04. The van der Waals surface area contributed by atoms with Crippen LogP contribution in [0.25, 0.3) is 0 Å². The van der Waals surface area contributed by atoms with Crippen molar-refractivity contribution in [2.45, 2.75) is 38.8 Å². The molecule has 2 amide bonds. The number of carbonyl (C=O) groups is 2. The largest absolute Gasteiger partial charge is 0.478 e. The minimum absolute atomic E-state index is 0.0409. The Kier molecular flexibility index (Phi) is 3.57. The molecule has 0 aromatic heterocycles. The first-order valence-corrected chi connectivity index (χ1v) is 7.45. The number of carbonyl (C=O) groups excluding carboxylic acids is 1. The van der Waals surface area contributed by atoms with Crippen molar-refractivity contribution in [3.63, 3.8) is 0 Å². The normalized spacial score (nSPS) is 18.8. The van der Waals surface area contributed by atoms with Gasteiger partial charge in [-0.05, 0) is 49.3 Å².